The molecule has 2 heterocycles. The Morgan fingerprint density at radius 3 is 2.29 bits per heavy atom. The van der Waals surface area contributed by atoms with Gasteiger partial charge >= 0.3 is 0 Å². The van der Waals surface area contributed by atoms with E-state index in [1.165, 1.54) is 58.5 Å². The first-order valence-corrected chi connectivity index (χ1v) is 10.1. The lowest BCUT2D eigenvalue weighted by molar-refractivity contribution is 0.128. The first-order chi connectivity index (χ1) is 13.7. The summed E-state index contributed by atoms with van der Waals surface area (Å²) in [4.78, 5) is 2.68. The SMILES string of the molecule is COc1ccc2c3c(c4cc(OC)c(OC)cc4c2c1)CN1CCCCC1C3. The van der Waals surface area contributed by atoms with Gasteiger partial charge in [0.25, 0.3) is 0 Å². The maximum Gasteiger partial charge on any atom is 0.161 e. The van der Waals surface area contributed by atoms with Gasteiger partial charge in [0.2, 0.25) is 0 Å². The number of hydrogen-bond donors (Lipinski definition) is 0. The number of nitrogens with zero attached hydrogens (tertiary/aromatic N) is 1. The van der Waals surface area contributed by atoms with Gasteiger partial charge in [0.15, 0.2) is 11.5 Å². The number of methoxy groups -OCH3 is 3. The van der Waals surface area contributed by atoms with Crippen LogP contribution in [0.2, 0.25) is 0 Å². The van der Waals surface area contributed by atoms with Gasteiger partial charge in [0.1, 0.15) is 5.75 Å². The molecule has 0 saturated carbocycles. The van der Waals surface area contributed by atoms with Crippen LogP contribution >= 0.6 is 0 Å². The van der Waals surface area contributed by atoms with Crippen molar-refractivity contribution in [1.82, 2.24) is 4.90 Å². The molecule has 3 aromatic carbocycles. The van der Waals surface area contributed by atoms with Crippen molar-refractivity contribution in [1.29, 1.82) is 0 Å². The fourth-order valence-electron chi connectivity index (χ4n) is 5.16. The number of piperidine rings is 1. The van der Waals surface area contributed by atoms with Gasteiger partial charge in [0.05, 0.1) is 21.3 Å². The average molecular weight is 377 g/mol. The van der Waals surface area contributed by atoms with Gasteiger partial charge < -0.3 is 14.2 Å². The van der Waals surface area contributed by atoms with Crippen LogP contribution in [0.3, 0.4) is 0 Å². The molecule has 0 aromatic heterocycles. The first-order valence-electron chi connectivity index (χ1n) is 10.1. The van der Waals surface area contributed by atoms with Crippen LogP contribution < -0.4 is 14.2 Å². The third-order valence-corrected chi connectivity index (χ3v) is 6.61. The summed E-state index contributed by atoms with van der Waals surface area (Å²) in [5, 5.41) is 5.07. The summed E-state index contributed by atoms with van der Waals surface area (Å²) >= 11 is 0. The van der Waals surface area contributed by atoms with Gasteiger partial charge in [-0.05, 0) is 82.7 Å². The second-order valence-electron chi connectivity index (χ2n) is 7.95. The lowest BCUT2D eigenvalue weighted by atomic mass is 9.82. The predicted octanol–water partition coefficient (Wildman–Crippen LogP) is 4.93. The van der Waals surface area contributed by atoms with E-state index in [4.69, 9.17) is 14.2 Å². The minimum absolute atomic E-state index is 0.671. The molecule has 2 aliphatic heterocycles. The van der Waals surface area contributed by atoms with Gasteiger partial charge in [-0.25, -0.2) is 0 Å². The minimum Gasteiger partial charge on any atom is -0.497 e. The summed E-state index contributed by atoms with van der Waals surface area (Å²) in [6.45, 7) is 2.23. The first kappa shape index (κ1) is 17.6. The molecule has 146 valence electrons. The molecule has 0 spiro atoms. The Morgan fingerprint density at radius 2 is 1.54 bits per heavy atom. The van der Waals surface area contributed by atoms with E-state index in [1.807, 2.05) is 0 Å². The largest absolute Gasteiger partial charge is 0.497 e. The van der Waals surface area contributed by atoms with Crippen LogP contribution in [-0.4, -0.2) is 38.8 Å². The molecule has 3 aromatic rings. The monoisotopic (exact) mass is 377 g/mol. The Bertz CT molecular complexity index is 1060. The lowest BCUT2D eigenvalue weighted by Gasteiger charge is -2.41. The van der Waals surface area contributed by atoms with Crippen LogP contribution in [0.5, 0.6) is 17.2 Å². The average Bonchev–Trinajstić information content (AvgIpc) is 2.76. The van der Waals surface area contributed by atoms with E-state index in [0.717, 1.165) is 30.2 Å². The van der Waals surface area contributed by atoms with Crippen molar-refractivity contribution in [3.8, 4) is 17.2 Å². The zero-order chi connectivity index (χ0) is 19.3. The standard InChI is InChI=1S/C24H27NO3/c1-26-16-7-8-17-18-10-15-6-4-5-9-25(15)14-22(18)21-13-24(28-3)23(27-2)12-20(21)19(17)11-16/h7-8,11-13,15H,4-6,9-10,14H2,1-3H3. The molecule has 4 nitrogen and oxygen atoms in total. The van der Waals surface area contributed by atoms with Crippen LogP contribution in [0, 0.1) is 0 Å². The quantitative estimate of drug-likeness (QED) is 0.606. The van der Waals surface area contributed by atoms with Crippen LogP contribution in [0.4, 0.5) is 0 Å². The topological polar surface area (TPSA) is 30.9 Å². The molecule has 1 atom stereocenters. The van der Waals surface area contributed by atoms with Gasteiger partial charge in [0, 0.05) is 12.6 Å². The van der Waals surface area contributed by atoms with Crippen molar-refractivity contribution in [2.75, 3.05) is 27.9 Å². The third kappa shape index (κ3) is 2.62. The Kier molecular flexibility index (Phi) is 4.31. The summed E-state index contributed by atoms with van der Waals surface area (Å²) in [6, 6.07) is 11.4. The second kappa shape index (κ2) is 6.85. The Labute approximate surface area is 166 Å². The molecule has 0 bridgehead atoms. The zero-order valence-electron chi connectivity index (χ0n) is 16.9. The molecule has 2 aliphatic rings. The molecule has 1 saturated heterocycles. The van der Waals surface area contributed by atoms with Crippen molar-refractivity contribution in [2.45, 2.75) is 38.3 Å². The van der Waals surface area contributed by atoms with Gasteiger partial charge in [-0.15, -0.1) is 0 Å². The fraction of sp³-hybridized carbons (Fsp3) is 0.417. The third-order valence-electron chi connectivity index (χ3n) is 6.61. The molecule has 0 radical (unpaired) electrons. The van der Waals surface area contributed by atoms with E-state index in [-0.39, 0.29) is 0 Å². The maximum atomic E-state index is 5.64. The van der Waals surface area contributed by atoms with Gasteiger partial charge in [-0.2, -0.15) is 0 Å². The Balaban J connectivity index is 1.85. The summed E-state index contributed by atoms with van der Waals surface area (Å²) in [7, 11) is 5.13. The molecule has 1 fully saturated rings. The highest BCUT2D eigenvalue weighted by Crippen LogP contribution is 2.44. The number of fused-ring (bicyclic) bond motifs is 7. The van der Waals surface area contributed by atoms with E-state index in [9.17, 15) is 0 Å². The summed E-state index contributed by atoms with van der Waals surface area (Å²) in [5.41, 5.74) is 2.95. The summed E-state index contributed by atoms with van der Waals surface area (Å²) in [5.74, 6) is 2.45. The molecule has 1 unspecified atom stereocenters. The van der Waals surface area contributed by atoms with E-state index in [2.05, 4.69) is 35.2 Å². The number of hydrogen-bond acceptors (Lipinski definition) is 4. The maximum absolute atomic E-state index is 5.64. The number of rotatable bonds is 3. The smallest absolute Gasteiger partial charge is 0.161 e. The number of ether oxygens (including phenoxy) is 3. The molecule has 0 aliphatic carbocycles. The second-order valence-corrected chi connectivity index (χ2v) is 7.95. The molecule has 28 heavy (non-hydrogen) atoms. The number of benzene rings is 3. The van der Waals surface area contributed by atoms with Crippen molar-refractivity contribution < 1.29 is 14.2 Å². The van der Waals surface area contributed by atoms with Gasteiger partial charge in [-0.1, -0.05) is 12.5 Å². The highest BCUT2D eigenvalue weighted by atomic mass is 16.5. The van der Waals surface area contributed by atoms with Crippen molar-refractivity contribution in [3.05, 3.63) is 41.5 Å². The lowest BCUT2D eigenvalue weighted by Crippen LogP contribution is -2.43. The molecule has 4 heteroatoms. The molecular weight excluding hydrogens is 350 g/mol. The van der Waals surface area contributed by atoms with Crippen molar-refractivity contribution in [3.63, 3.8) is 0 Å². The highest BCUT2D eigenvalue weighted by molar-refractivity contribution is 6.12. The van der Waals surface area contributed by atoms with Crippen LogP contribution in [0.25, 0.3) is 21.5 Å². The molecule has 0 amide bonds. The van der Waals surface area contributed by atoms with Gasteiger partial charge in [-0.3, -0.25) is 4.90 Å². The Morgan fingerprint density at radius 1 is 0.786 bits per heavy atom. The summed E-state index contributed by atoms with van der Waals surface area (Å²) < 4.78 is 16.8. The van der Waals surface area contributed by atoms with E-state index >= 15 is 0 Å². The van der Waals surface area contributed by atoms with E-state index in [0.29, 0.717) is 6.04 Å². The highest BCUT2D eigenvalue weighted by Gasteiger charge is 2.31. The predicted molar refractivity (Wildman–Crippen MR) is 113 cm³/mol. The zero-order valence-corrected chi connectivity index (χ0v) is 16.9. The minimum atomic E-state index is 0.671. The Hall–Kier alpha value is -2.46. The normalized spacial score (nSPS) is 19.3. The fourth-order valence-corrected chi connectivity index (χ4v) is 5.16. The summed E-state index contributed by atoms with van der Waals surface area (Å²) in [6.07, 6.45) is 5.09. The van der Waals surface area contributed by atoms with Crippen LogP contribution in [0.15, 0.2) is 30.3 Å². The van der Waals surface area contributed by atoms with Crippen molar-refractivity contribution in [2.24, 2.45) is 0 Å². The van der Waals surface area contributed by atoms with Crippen molar-refractivity contribution >= 4 is 21.5 Å². The van der Waals surface area contributed by atoms with E-state index < -0.39 is 0 Å². The van der Waals surface area contributed by atoms with Crippen LogP contribution in [0.1, 0.15) is 30.4 Å². The molecular formula is C24H27NO3. The molecule has 0 N–H and O–H groups in total. The van der Waals surface area contributed by atoms with E-state index in [1.54, 1.807) is 21.3 Å². The molecule has 5 rings (SSSR count). The van der Waals surface area contributed by atoms with Crippen LogP contribution in [-0.2, 0) is 13.0 Å².